The number of hydrogen-bond donors (Lipinski definition) is 1. The van der Waals surface area contributed by atoms with Crippen LogP contribution in [0.3, 0.4) is 0 Å². The molecule has 0 radical (unpaired) electrons. The van der Waals surface area contributed by atoms with Crippen molar-refractivity contribution in [2.45, 2.75) is 45.6 Å². The Morgan fingerprint density at radius 1 is 1.00 bits per heavy atom. The Bertz CT molecular complexity index is 586. The summed E-state index contributed by atoms with van der Waals surface area (Å²) in [6, 6.07) is 10.2. The molecule has 5 heteroatoms. The lowest BCUT2D eigenvalue weighted by Gasteiger charge is -2.04. The maximum absolute atomic E-state index is 5.93. The first-order chi connectivity index (χ1) is 10.7. The van der Waals surface area contributed by atoms with Crippen molar-refractivity contribution in [1.29, 1.82) is 0 Å². The average molecular weight is 466 g/mol. The monoisotopic (exact) mass is 463 g/mol. The minimum absolute atomic E-state index is 0. The van der Waals surface area contributed by atoms with E-state index in [9.17, 15) is 0 Å². The molecule has 0 spiro atoms. The first kappa shape index (κ1) is 20.8. The van der Waals surface area contributed by atoms with Crippen molar-refractivity contribution >= 4 is 44.3 Å². The molecule has 0 unspecified atom stereocenters. The van der Waals surface area contributed by atoms with Crippen LogP contribution in [0.4, 0.5) is 0 Å². The molecule has 1 aromatic heterocycles. The summed E-state index contributed by atoms with van der Waals surface area (Å²) in [5, 5.41) is 3.45. The summed E-state index contributed by atoms with van der Waals surface area (Å²) < 4.78 is 8.02. The normalized spacial score (nSPS) is 10.6. The standard InChI is InChI=1S/C18H23Br2NO.ClH/c1-2-3-4-5-6-11-21-13-15-8-10-18(22-15)16-9-7-14(19)12-17(16)20;/h7-10,12,21H,2-6,11,13H2,1H3;1H. The zero-order chi connectivity index (χ0) is 15.8. The molecule has 0 bridgehead atoms. The molecule has 2 rings (SSSR count). The van der Waals surface area contributed by atoms with E-state index < -0.39 is 0 Å². The van der Waals surface area contributed by atoms with Gasteiger partial charge in [0, 0.05) is 14.5 Å². The lowest BCUT2D eigenvalue weighted by Crippen LogP contribution is -2.14. The largest absolute Gasteiger partial charge is 0.460 e. The van der Waals surface area contributed by atoms with Gasteiger partial charge in [0.2, 0.25) is 0 Å². The van der Waals surface area contributed by atoms with Crippen molar-refractivity contribution in [3.05, 3.63) is 45.0 Å². The van der Waals surface area contributed by atoms with Gasteiger partial charge in [-0.1, -0.05) is 48.5 Å². The molecule has 23 heavy (non-hydrogen) atoms. The topological polar surface area (TPSA) is 25.2 Å². The summed E-state index contributed by atoms with van der Waals surface area (Å²) >= 11 is 7.05. The fourth-order valence-corrected chi connectivity index (χ4v) is 3.61. The second kappa shape index (κ2) is 11.3. The Kier molecular flexibility index (Phi) is 10.2. The number of rotatable bonds is 9. The van der Waals surface area contributed by atoms with Crippen LogP contribution in [0.2, 0.25) is 0 Å². The SMILES string of the molecule is CCCCCCCNCc1ccc(-c2ccc(Br)cc2Br)o1.Cl. The van der Waals surface area contributed by atoms with Crippen molar-refractivity contribution < 1.29 is 4.42 Å². The highest BCUT2D eigenvalue weighted by Gasteiger charge is 2.08. The molecule has 0 aliphatic rings. The maximum Gasteiger partial charge on any atom is 0.135 e. The van der Waals surface area contributed by atoms with E-state index in [0.29, 0.717) is 0 Å². The van der Waals surface area contributed by atoms with Gasteiger partial charge < -0.3 is 9.73 Å². The number of nitrogens with one attached hydrogen (secondary N) is 1. The molecule has 1 N–H and O–H groups in total. The minimum atomic E-state index is 0. The van der Waals surface area contributed by atoms with Crippen molar-refractivity contribution in [2.24, 2.45) is 0 Å². The fraction of sp³-hybridized carbons (Fsp3) is 0.444. The van der Waals surface area contributed by atoms with E-state index in [4.69, 9.17) is 4.42 Å². The second-order valence-electron chi connectivity index (χ2n) is 5.48. The average Bonchev–Trinajstić information content (AvgIpc) is 2.95. The number of halogens is 3. The van der Waals surface area contributed by atoms with Gasteiger partial charge in [-0.2, -0.15) is 0 Å². The van der Waals surface area contributed by atoms with E-state index in [1.54, 1.807) is 0 Å². The predicted molar refractivity (Wildman–Crippen MR) is 107 cm³/mol. The summed E-state index contributed by atoms with van der Waals surface area (Å²) in [6.45, 7) is 4.10. The van der Waals surface area contributed by atoms with Gasteiger partial charge in [-0.05, 0) is 59.2 Å². The third-order valence-corrected chi connectivity index (χ3v) is 4.76. The van der Waals surface area contributed by atoms with Gasteiger partial charge >= 0.3 is 0 Å². The number of furan rings is 1. The summed E-state index contributed by atoms with van der Waals surface area (Å²) in [4.78, 5) is 0. The van der Waals surface area contributed by atoms with Crippen LogP contribution in [0.5, 0.6) is 0 Å². The number of hydrogen-bond acceptors (Lipinski definition) is 2. The van der Waals surface area contributed by atoms with Crippen molar-refractivity contribution in [2.75, 3.05) is 6.54 Å². The first-order valence-corrected chi connectivity index (χ1v) is 9.54. The molecule has 0 saturated heterocycles. The molecule has 2 nitrogen and oxygen atoms in total. The van der Waals surface area contributed by atoms with E-state index in [2.05, 4.69) is 50.2 Å². The molecule has 0 aliphatic heterocycles. The Hall–Kier alpha value is -0.290. The van der Waals surface area contributed by atoms with Crippen LogP contribution in [-0.2, 0) is 6.54 Å². The molecule has 0 atom stereocenters. The zero-order valence-electron chi connectivity index (χ0n) is 13.4. The molecular weight excluding hydrogens is 441 g/mol. The number of benzene rings is 1. The molecule has 0 fully saturated rings. The van der Waals surface area contributed by atoms with Gasteiger partial charge in [0.25, 0.3) is 0 Å². The minimum Gasteiger partial charge on any atom is -0.460 e. The van der Waals surface area contributed by atoms with Gasteiger partial charge in [0.15, 0.2) is 0 Å². The van der Waals surface area contributed by atoms with Crippen molar-refractivity contribution in [1.82, 2.24) is 5.32 Å². The van der Waals surface area contributed by atoms with E-state index in [-0.39, 0.29) is 12.4 Å². The highest BCUT2D eigenvalue weighted by molar-refractivity contribution is 9.11. The fourth-order valence-electron chi connectivity index (χ4n) is 2.37. The van der Waals surface area contributed by atoms with E-state index in [1.807, 2.05) is 24.3 Å². The summed E-state index contributed by atoms with van der Waals surface area (Å²) in [7, 11) is 0. The molecule has 0 saturated carbocycles. The zero-order valence-corrected chi connectivity index (χ0v) is 17.4. The molecule has 128 valence electrons. The van der Waals surface area contributed by atoms with Crippen LogP contribution in [0.15, 0.2) is 43.7 Å². The second-order valence-corrected chi connectivity index (χ2v) is 7.25. The Morgan fingerprint density at radius 3 is 2.52 bits per heavy atom. The molecule has 0 aliphatic carbocycles. The van der Waals surface area contributed by atoms with Crippen LogP contribution >= 0.6 is 44.3 Å². The molecule has 1 heterocycles. The van der Waals surface area contributed by atoms with Crippen LogP contribution in [-0.4, -0.2) is 6.54 Å². The third-order valence-electron chi connectivity index (χ3n) is 3.61. The molecule has 2 aromatic rings. The predicted octanol–water partition coefficient (Wildman–Crippen LogP) is 6.95. The van der Waals surface area contributed by atoms with Crippen LogP contribution in [0.1, 0.15) is 44.8 Å². The number of unbranched alkanes of at least 4 members (excludes halogenated alkanes) is 4. The van der Waals surface area contributed by atoms with Gasteiger partial charge in [-0.3, -0.25) is 0 Å². The van der Waals surface area contributed by atoms with E-state index >= 15 is 0 Å². The first-order valence-electron chi connectivity index (χ1n) is 7.95. The molecular formula is C18H24Br2ClNO. The molecule has 1 aromatic carbocycles. The van der Waals surface area contributed by atoms with Gasteiger partial charge in [-0.25, -0.2) is 0 Å². The summed E-state index contributed by atoms with van der Waals surface area (Å²) in [5.41, 5.74) is 1.08. The van der Waals surface area contributed by atoms with Gasteiger partial charge in [-0.15, -0.1) is 12.4 Å². The maximum atomic E-state index is 5.93. The summed E-state index contributed by atoms with van der Waals surface area (Å²) in [6.07, 6.45) is 6.56. The highest BCUT2D eigenvalue weighted by atomic mass is 79.9. The van der Waals surface area contributed by atoms with Crippen LogP contribution in [0.25, 0.3) is 11.3 Å². The van der Waals surface area contributed by atoms with Gasteiger partial charge in [0.1, 0.15) is 11.5 Å². The van der Waals surface area contributed by atoms with Crippen molar-refractivity contribution in [3.8, 4) is 11.3 Å². The van der Waals surface area contributed by atoms with Crippen molar-refractivity contribution in [3.63, 3.8) is 0 Å². The molecule has 0 amide bonds. The Morgan fingerprint density at radius 2 is 1.78 bits per heavy atom. The lowest BCUT2D eigenvalue weighted by atomic mass is 10.1. The van der Waals surface area contributed by atoms with E-state index in [0.717, 1.165) is 39.1 Å². The summed E-state index contributed by atoms with van der Waals surface area (Å²) in [5.74, 6) is 1.89. The van der Waals surface area contributed by atoms with E-state index in [1.165, 1.54) is 32.1 Å². The Balaban J connectivity index is 0.00000264. The van der Waals surface area contributed by atoms with Crippen LogP contribution in [0, 0.1) is 0 Å². The van der Waals surface area contributed by atoms with Crippen LogP contribution < -0.4 is 5.32 Å². The smallest absolute Gasteiger partial charge is 0.135 e. The lowest BCUT2D eigenvalue weighted by molar-refractivity contribution is 0.486. The third kappa shape index (κ3) is 7.00. The Labute approximate surface area is 162 Å². The highest BCUT2D eigenvalue weighted by Crippen LogP contribution is 2.31. The quantitative estimate of drug-likeness (QED) is 0.405. The van der Waals surface area contributed by atoms with Gasteiger partial charge in [0.05, 0.1) is 6.54 Å².